The second-order valence-corrected chi connectivity index (χ2v) is 8.49. The molecule has 0 bridgehead atoms. The van der Waals surface area contributed by atoms with E-state index in [1.807, 2.05) is 39.5 Å². The van der Waals surface area contributed by atoms with Crippen molar-refractivity contribution in [3.8, 4) is 0 Å². The molecule has 0 aromatic rings. The normalized spacial score (nSPS) is 25.0. The summed E-state index contributed by atoms with van der Waals surface area (Å²) in [6.45, 7) is 15.6. The van der Waals surface area contributed by atoms with Crippen LogP contribution in [0.2, 0.25) is 0 Å². The molecule has 0 saturated carbocycles. The third kappa shape index (κ3) is 5.94. The summed E-state index contributed by atoms with van der Waals surface area (Å²) in [5.41, 5.74) is -1.07. The van der Waals surface area contributed by atoms with E-state index in [9.17, 15) is 9.90 Å². The molecule has 2 fully saturated rings. The number of carbonyl (C=O) groups excluding carboxylic acids is 1. The molecule has 0 unspecified atom stereocenters. The molecule has 2 aliphatic rings. The van der Waals surface area contributed by atoms with Crippen molar-refractivity contribution in [1.29, 1.82) is 0 Å². The lowest BCUT2D eigenvalue weighted by molar-refractivity contribution is 0.00943. The van der Waals surface area contributed by atoms with Crippen LogP contribution in [0.5, 0.6) is 0 Å². The Balaban J connectivity index is 1.77. The summed E-state index contributed by atoms with van der Waals surface area (Å²) in [5.74, 6) is 0. The highest BCUT2D eigenvalue weighted by atomic mass is 16.6. The van der Waals surface area contributed by atoms with Crippen LogP contribution in [0.15, 0.2) is 0 Å². The molecule has 1 amide bonds. The highest BCUT2D eigenvalue weighted by Crippen LogP contribution is 2.20. The first-order valence-electron chi connectivity index (χ1n) is 8.70. The van der Waals surface area contributed by atoms with Crippen LogP contribution >= 0.6 is 0 Å². The van der Waals surface area contributed by atoms with Gasteiger partial charge in [0.05, 0.1) is 5.60 Å². The fourth-order valence-corrected chi connectivity index (χ4v) is 3.37. The molecular formula is C17H33N3O3. The number of rotatable bonds is 3. The number of carbonyl (C=O) groups is 1. The summed E-state index contributed by atoms with van der Waals surface area (Å²) >= 11 is 0. The number of nitrogens with zero attached hydrogens (tertiary/aromatic N) is 3. The summed E-state index contributed by atoms with van der Waals surface area (Å²) in [7, 11) is 0. The van der Waals surface area contributed by atoms with Crippen LogP contribution in [0.4, 0.5) is 4.79 Å². The van der Waals surface area contributed by atoms with E-state index in [1.54, 1.807) is 0 Å². The maximum atomic E-state index is 12.1. The van der Waals surface area contributed by atoms with Crippen LogP contribution in [-0.2, 0) is 4.74 Å². The number of ether oxygens (including phenoxy) is 1. The number of piperazine rings is 1. The van der Waals surface area contributed by atoms with Gasteiger partial charge in [-0.3, -0.25) is 9.80 Å². The van der Waals surface area contributed by atoms with Gasteiger partial charge in [0.25, 0.3) is 0 Å². The lowest BCUT2D eigenvalue weighted by Crippen LogP contribution is -2.53. The zero-order chi connectivity index (χ0) is 17.3. The molecule has 23 heavy (non-hydrogen) atoms. The first-order chi connectivity index (χ1) is 10.5. The Morgan fingerprint density at radius 3 is 2.22 bits per heavy atom. The third-order valence-corrected chi connectivity index (χ3v) is 4.35. The standard InChI is InChI=1S/C17H33N3O3/c1-16(2,3)23-15(21)20-7-6-14(12-20)19-10-8-18(9-11-19)13-17(4,5)22/h14,22H,6-13H2,1-5H3/t14-/m1/s1. The van der Waals surface area contributed by atoms with Crippen LogP contribution in [0.25, 0.3) is 0 Å². The van der Waals surface area contributed by atoms with E-state index in [1.165, 1.54) is 0 Å². The highest BCUT2D eigenvalue weighted by molar-refractivity contribution is 5.68. The van der Waals surface area contributed by atoms with Gasteiger partial charge >= 0.3 is 6.09 Å². The van der Waals surface area contributed by atoms with Gasteiger partial charge in [0.2, 0.25) is 0 Å². The lowest BCUT2D eigenvalue weighted by atomic mass is 10.1. The summed E-state index contributed by atoms with van der Waals surface area (Å²) in [4.78, 5) is 18.8. The average Bonchev–Trinajstić information content (AvgIpc) is 2.85. The molecule has 2 rings (SSSR count). The van der Waals surface area contributed by atoms with E-state index < -0.39 is 11.2 Å². The first kappa shape index (κ1) is 18.5. The van der Waals surface area contributed by atoms with Crippen LogP contribution in [0.1, 0.15) is 41.0 Å². The molecule has 1 N–H and O–H groups in total. The van der Waals surface area contributed by atoms with Crippen LogP contribution in [0, 0.1) is 0 Å². The van der Waals surface area contributed by atoms with Gasteiger partial charge in [-0.25, -0.2) is 4.79 Å². The molecule has 2 aliphatic heterocycles. The maximum Gasteiger partial charge on any atom is 0.410 e. The van der Waals surface area contributed by atoms with Crippen LogP contribution in [0.3, 0.4) is 0 Å². The van der Waals surface area contributed by atoms with Crippen molar-refractivity contribution >= 4 is 6.09 Å². The van der Waals surface area contributed by atoms with Crippen LogP contribution < -0.4 is 0 Å². The van der Waals surface area contributed by atoms with Gasteiger partial charge in [-0.05, 0) is 41.0 Å². The zero-order valence-electron chi connectivity index (χ0n) is 15.3. The Labute approximate surface area is 140 Å². The minimum Gasteiger partial charge on any atom is -0.444 e. The molecule has 2 heterocycles. The number of aliphatic hydroxyl groups is 1. The Morgan fingerprint density at radius 1 is 1.09 bits per heavy atom. The summed E-state index contributed by atoms with van der Waals surface area (Å²) in [5, 5.41) is 9.92. The Hall–Kier alpha value is -0.850. The quantitative estimate of drug-likeness (QED) is 0.849. The van der Waals surface area contributed by atoms with Crippen LogP contribution in [-0.4, -0.2) is 89.0 Å². The SMILES string of the molecule is CC(C)(O)CN1CCN([C@@H]2CCN(C(=O)OC(C)(C)C)C2)CC1. The molecule has 0 radical (unpaired) electrons. The van der Waals surface area contributed by atoms with Gasteiger partial charge in [-0.15, -0.1) is 0 Å². The number of hydrogen-bond acceptors (Lipinski definition) is 5. The van der Waals surface area contributed by atoms with E-state index in [-0.39, 0.29) is 6.09 Å². The molecule has 134 valence electrons. The van der Waals surface area contributed by atoms with Crippen molar-refractivity contribution in [2.24, 2.45) is 0 Å². The van der Waals surface area contributed by atoms with E-state index in [4.69, 9.17) is 4.74 Å². The maximum absolute atomic E-state index is 12.1. The molecule has 0 aliphatic carbocycles. The van der Waals surface area contributed by atoms with E-state index in [0.29, 0.717) is 6.04 Å². The molecule has 0 aromatic carbocycles. The molecule has 2 saturated heterocycles. The minimum absolute atomic E-state index is 0.194. The molecule has 6 nitrogen and oxygen atoms in total. The van der Waals surface area contributed by atoms with Gasteiger partial charge in [-0.1, -0.05) is 0 Å². The second-order valence-electron chi connectivity index (χ2n) is 8.49. The molecule has 0 spiro atoms. The Bertz CT molecular complexity index is 406. The summed E-state index contributed by atoms with van der Waals surface area (Å²) in [6, 6.07) is 0.437. The predicted molar refractivity (Wildman–Crippen MR) is 90.5 cm³/mol. The minimum atomic E-state index is -0.636. The Kier molecular flexibility index (Phi) is 5.59. The van der Waals surface area contributed by atoms with Gasteiger partial charge in [0.15, 0.2) is 0 Å². The third-order valence-electron chi connectivity index (χ3n) is 4.35. The van der Waals surface area contributed by atoms with Crippen molar-refractivity contribution in [3.05, 3.63) is 0 Å². The van der Waals surface area contributed by atoms with E-state index in [2.05, 4.69) is 9.80 Å². The number of amides is 1. The van der Waals surface area contributed by atoms with Gasteiger partial charge < -0.3 is 14.7 Å². The second kappa shape index (κ2) is 6.95. The fraction of sp³-hybridized carbons (Fsp3) is 0.941. The first-order valence-corrected chi connectivity index (χ1v) is 8.70. The van der Waals surface area contributed by atoms with Crippen molar-refractivity contribution in [3.63, 3.8) is 0 Å². The number of likely N-dealkylation sites (tertiary alicyclic amines) is 1. The van der Waals surface area contributed by atoms with Gasteiger partial charge in [0, 0.05) is 51.9 Å². The van der Waals surface area contributed by atoms with Crippen molar-refractivity contribution in [2.45, 2.75) is 58.3 Å². The van der Waals surface area contributed by atoms with E-state index in [0.717, 1.165) is 52.2 Å². The van der Waals surface area contributed by atoms with Crippen molar-refractivity contribution < 1.29 is 14.6 Å². The molecular weight excluding hydrogens is 294 g/mol. The molecule has 0 aromatic heterocycles. The average molecular weight is 327 g/mol. The van der Waals surface area contributed by atoms with Gasteiger partial charge in [0.1, 0.15) is 5.60 Å². The predicted octanol–water partition coefficient (Wildman–Crippen LogP) is 1.38. The molecule has 6 heteroatoms. The largest absolute Gasteiger partial charge is 0.444 e. The smallest absolute Gasteiger partial charge is 0.410 e. The monoisotopic (exact) mass is 327 g/mol. The molecule has 1 atom stereocenters. The van der Waals surface area contributed by atoms with E-state index >= 15 is 0 Å². The summed E-state index contributed by atoms with van der Waals surface area (Å²) < 4.78 is 5.46. The Morgan fingerprint density at radius 2 is 1.70 bits per heavy atom. The summed E-state index contributed by atoms with van der Waals surface area (Å²) in [6.07, 6.45) is 0.825. The van der Waals surface area contributed by atoms with Gasteiger partial charge in [-0.2, -0.15) is 0 Å². The lowest BCUT2D eigenvalue weighted by Gasteiger charge is -2.39. The fourth-order valence-electron chi connectivity index (χ4n) is 3.37. The number of β-amino-alcohol motifs (C(OH)–C–C–N with tert-alkyl or cyclic N) is 1. The zero-order valence-corrected chi connectivity index (χ0v) is 15.3. The topological polar surface area (TPSA) is 56.2 Å². The van der Waals surface area contributed by atoms with Crippen molar-refractivity contribution in [1.82, 2.24) is 14.7 Å². The number of hydrogen-bond donors (Lipinski definition) is 1. The van der Waals surface area contributed by atoms with Crippen molar-refractivity contribution in [2.75, 3.05) is 45.8 Å². The highest BCUT2D eigenvalue weighted by Gasteiger charge is 2.34.